The number of carbonyl (C=O) groups excluding carboxylic acids is 1. The number of oxazole rings is 1. The van der Waals surface area contributed by atoms with Crippen LogP contribution in [0.2, 0.25) is 0 Å². The number of nitrogens with zero attached hydrogens (tertiary/aromatic N) is 1. The Morgan fingerprint density at radius 1 is 1.32 bits per heavy atom. The summed E-state index contributed by atoms with van der Waals surface area (Å²) >= 11 is 0. The van der Waals surface area contributed by atoms with Crippen molar-refractivity contribution in [2.45, 2.75) is 19.4 Å². The summed E-state index contributed by atoms with van der Waals surface area (Å²) in [6.45, 7) is 1.76. The molecule has 3 rings (SSSR count). The number of hydrogen-bond donors (Lipinski definition) is 2. The van der Waals surface area contributed by atoms with Crippen molar-refractivity contribution in [1.29, 1.82) is 0 Å². The number of rotatable bonds is 5. The summed E-state index contributed by atoms with van der Waals surface area (Å²) in [5, 5.41) is 11.6. The van der Waals surface area contributed by atoms with Crippen LogP contribution in [-0.4, -0.2) is 22.0 Å². The topological polar surface area (TPSA) is 92.4 Å². The van der Waals surface area contributed by atoms with Crippen LogP contribution in [0.1, 0.15) is 25.3 Å². The smallest absolute Gasteiger partial charge is 0.307 e. The van der Waals surface area contributed by atoms with Crippen LogP contribution in [0.4, 0.5) is 0 Å². The van der Waals surface area contributed by atoms with Gasteiger partial charge in [-0.05, 0) is 13.3 Å². The normalized spacial score (nSPS) is 21.1. The van der Waals surface area contributed by atoms with E-state index in [0.717, 1.165) is 5.56 Å². The van der Waals surface area contributed by atoms with Crippen LogP contribution in [0.5, 0.6) is 0 Å². The molecule has 0 aliphatic heterocycles. The molecule has 6 nitrogen and oxygen atoms in total. The average Bonchev–Trinajstić information content (AvgIpc) is 3.18. The molecule has 1 fully saturated rings. The molecule has 1 aliphatic rings. The Morgan fingerprint density at radius 2 is 2.05 bits per heavy atom. The Hall–Kier alpha value is -2.63. The van der Waals surface area contributed by atoms with Crippen molar-refractivity contribution in [2.24, 2.45) is 11.8 Å². The Balaban J connectivity index is 1.64. The van der Waals surface area contributed by atoms with Crippen molar-refractivity contribution < 1.29 is 19.1 Å². The average molecular weight is 300 g/mol. The first-order valence-electron chi connectivity index (χ1n) is 7.10. The van der Waals surface area contributed by atoms with Gasteiger partial charge >= 0.3 is 5.97 Å². The molecular formula is C16H16N2O4. The third kappa shape index (κ3) is 2.86. The molecule has 0 unspecified atom stereocenters. The molecule has 6 heteroatoms. The Morgan fingerprint density at radius 3 is 2.68 bits per heavy atom. The molecule has 1 aliphatic carbocycles. The fraction of sp³-hybridized carbons (Fsp3) is 0.312. The van der Waals surface area contributed by atoms with E-state index in [1.807, 2.05) is 30.3 Å². The summed E-state index contributed by atoms with van der Waals surface area (Å²) in [7, 11) is 0. The molecule has 0 radical (unpaired) electrons. The van der Waals surface area contributed by atoms with E-state index in [1.54, 1.807) is 13.1 Å². The predicted octanol–water partition coefficient (Wildman–Crippen LogP) is 2.24. The van der Waals surface area contributed by atoms with Gasteiger partial charge in [-0.15, -0.1) is 0 Å². The van der Waals surface area contributed by atoms with E-state index in [9.17, 15) is 9.59 Å². The molecule has 1 aromatic heterocycles. The zero-order chi connectivity index (χ0) is 15.7. The molecule has 22 heavy (non-hydrogen) atoms. The molecular weight excluding hydrogens is 284 g/mol. The van der Waals surface area contributed by atoms with Gasteiger partial charge in [0, 0.05) is 5.56 Å². The van der Waals surface area contributed by atoms with Crippen molar-refractivity contribution >= 4 is 11.9 Å². The number of aromatic nitrogens is 1. The third-order valence-corrected chi connectivity index (χ3v) is 3.76. The van der Waals surface area contributed by atoms with E-state index in [1.165, 1.54) is 0 Å². The van der Waals surface area contributed by atoms with Crippen LogP contribution in [0.3, 0.4) is 0 Å². The van der Waals surface area contributed by atoms with Gasteiger partial charge in [0.15, 0.2) is 5.76 Å². The summed E-state index contributed by atoms with van der Waals surface area (Å²) in [6, 6.07) is 9.15. The van der Waals surface area contributed by atoms with Gasteiger partial charge in [0.05, 0.1) is 18.0 Å². The molecule has 1 heterocycles. The Labute approximate surface area is 127 Å². The number of carbonyl (C=O) groups is 2. The maximum Gasteiger partial charge on any atom is 0.307 e. The molecule has 2 N–H and O–H groups in total. The maximum atomic E-state index is 11.9. The molecule has 114 valence electrons. The van der Waals surface area contributed by atoms with Gasteiger partial charge in [0.1, 0.15) is 6.04 Å². The van der Waals surface area contributed by atoms with Gasteiger partial charge in [0.25, 0.3) is 0 Å². The lowest BCUT2D eigenvalue weighted by Crippen LogP contribution is -2.29. The van der Waals surface area contributed by atoms with Crippen LogP contribution in [0.15, 0.2) is 40.9 Å². The highest BCUT2D eigenvalue weighted by molar-refractivity contribution is 5.89. The molecule has 0 saturated heterocycles. The van der Waals surface area contributed by atoms with Gasteiger partial charge in [-0.3, -0.25) is 9.59 Å². The lowest BCUT2D eigenvalue weighted by atomic mass is 10.2. The first kappa shape index (κ1) is 14.3. The van der Waals surface area contributed by atoms with Crippen LogP contribution in [-0.2, 0) is 9.59 Å². The van der Waals surface area contributed by atoms with Gasteiger partial charge in [-0.1, -0.05) is 30.3 Å². The highest BCUT2D eigenvalue weighted by Gasteiger charge is 2.48. The number of nitrogens with one attached hydrogen (secondary N) is 1. The van der Waals surface area contributed by atoms with Crippen molar-refractivity contribution in [1.82, 2.24) is 10.3 Å². The van der Waals surface area contributed by atoms with Crippen LogP contribution >= 0.6 is 0 Å². The van der Waals surface area contributed by atoms with Crippen LogP contribution < -0.4 is 5.32 Å². The monoisotopic (exact) mass is 300 g/mol. The molecule has 1 saturated carbocycles. The summed E-state index contributed by atoms with van der Waals surface area (Å²) in [5.41, 5.74) is 0.910. The van der Waals surface area contributed by atoms with E-state index in [2.05, 4.69) is 10.3 Å². The van der Waals surface area contributed by atoms with Gasteiger partial charge < -0.3 is 14.8 Å². The van der Waals surface area contributed by atoms with Gasteiger partial charge in [-0.25, -0.2) is 4.98 Å². The minimum Gasteiger partial charge on any atom is -0.481 e. The highest BCUT2D eigenvalue weighted by Crippen LogP contribution is 2.39. The van der Waals surface area contributed by atoms with Crippen molar-refractivity contribution in [2.75, 3.05) is 0 Å². The first-order chi connectivity index (χ1) is 10.6. The highest BCUT2D eigenvalue weighted by atomic mass is 16.4. The second-order valence-corrected chi connectivity index (χ2v) is 5.45. The van der Waals surface area contributed by atoms with Crippen molar-refractivity contribution in [3.8, 4) is 11.3 Å². The summed E-state index contributed by atoms with van der Waals surface area (Å²) in [4.78, 5) is 26.9. The standard InChI is InChI=1S/C16H16N2O4/c1-9(18-14(19)11-7-12(11)16(20)21)15-17-8-13(22-15)10-5-3-2-4-6-10/h2-6,8-9,11-12H,7H2,1H3,(H,18,19)(H,20,21)/t9-,11-,12-/m0/s1. The van der Waals surface area contributed by atoms with E-state index >= 15 is 0 Å². The molecule has 3 atom stereocenters. The molecule has 2 aromatic rings. The summed E-state index contributed by atoms with van der Waals surface area (Å²) in [5.74, 6) is -1.15. The third-order valence-electron chi connectivity index (χ3n) is 3.76. The number of carboxylic acids is 1. The number of benzene rings is 1. The van der Waals surface area contributed by atoms with Gasteiger partial charge in [-0.2, -0.15) is 0 Å². The second kappa shape index (κ2) is 5.63. The fourth-order valence-corrected chi connectivity index (χ4v) is 2.36. The van der Waals surface area contributed by atoms with Crippen LogP contribution in [0.25, 0.3) is 11.3 Å². The zero-order valence-electron chi connectivity index (χ0n) is 12.0. The predicted molar refractivity (Wildman–Crippen MR) is 77.7 cm³/mol. The largest absolute Gasteiger partial charge is 0.481 e. The van der Waals surface area contributed by atoms with E-state index in [4.69, 9.17) is 9.52 Å². The number of hydrogen-bond acceptors (Lipinski definition) is 4. The number of aliphatic carboxylic acids is 1. The lowest BCUT2D eigenvalue weighted by Gasteiger charge is -2.09. The van der Waals surface area contributed by atoms with Gasteiger partial charge in [0.2, 0.25) is 11.8 Å². The van der Waals surface area contributed by atoms with E-state index in [-0.39, 0.29) is 5.91 Å². The number of amides is 1. The van der Waals surface area contributed by atoms with Crippen molar-refractivity contribution in [3.05, 3.63) is 42.4 Å². The number of carboxylic acid groups (broad SMARTS) is 1. The van der Waals surface area contributed by atoms with E-state index < -0.39 is 23.8 Å². The molecule has 1 amide bonds. The summed E-state index contributed by atoms with van der Waals surface area (Å²) < 4.78 is 5.66. The van der Waals surface area contributed by atoms with Crippen LogP contribution in [0, 0.1) is 11.8 Å². The second-order valence-electron chi connectivity index (χ2n) is 5.45. The minimum atomic E-state index is -0.921. The SMILES string of the molecule is C[C@H](NC(=O)[C@H]1C[C@@H]1C(=O)O)c1ncc(-c2ccccc2)o1. The lowest BCUT2D eigenvalue weighted by molar-refractivity contribution is -0.140. The molecule has 0 bridgehead atoms. The molecule has 0 spiro atoms. The zero-order valence-corrected chi connectivity index (χ0v) is 12.0. The van der Waals surface area contributed by atoms with Crippen molar-refractivity contribution in [3.63, 3.8) is 0 Å². The Kier molecular flexibility index (Phi) is 3.66. The quantitative estimate of drug-likeness (QED) is 0.883. The maximum absolute atomic E-state index is 11.9. The fourth-order valence-electron chi connectivity index (χ4n) is 2.36. The molecule has 1 aromatic carbocycles. The Bertz CT molecular complexity index is 695. The first-order valence-corrected chi connectivity index (χ1v) is 7.10. The minimum absolute atomic E-state index is 0.264. The van der Waals surface area contributed by atoms with E-state index in [0.29, 0.717) is 18.1 Å². The summed E-state index contributed by atoms with van der Waals surface area (Å²) in [6.07, 6.45) is 2.01.